The molecule has 2 aliphatic heterocycles. The van der Waals surface area contributed by atoms with Crippen molar-refractivity contribution in [3.8, 4) is 5.75 Å². The highest BCUT2D eigenvalue weighted by Gasteiger charge is 2.56. The number of carboxylic acids is 1. The molecule has 1 aromatic rings. The molecule has 1 fully saturated rings. The number of rotatable bonds is 6. The van der Waals surface area contributed by atoms with Gasteiger partial charge in [0.2, 0.25) is 5.91 Å². The number of amides is 2. The average molecular weight is 479 g/mol. The third kappa shape index (κ3) is 4.08. The first-order valence-electron chi connectivity index (χ1n) is 8.89. The summed E-state index contributed by atoms with van der Waals surface area (Å²) in [4.78, 5) is 37.0. The lowest BCUT2D eigenvalue weighted by atomic mass is 9.85. The maximum absolute atomic E-state index is 12.6. The zero-order valence-corrected chi connectivity index (χ0v) is 16.7. The van der Waals surface area contributed by atoms with E-state index in [2.05, 4.69) is 9.50 Å². The van der Waals surface area contributed by atoms with Gasteiger partial charge in [0.1, 0.15) is 17.8 Å². The van der Waals surface area contributed by atoms with Crippen LogP contribution in [0.1, 0.15) is 24.4 Å². The van der Waals surface area contributed by atoms with E-state index in [4.69, 9.17) is 5.73 Å². The Hall–Kier alpha value is -3.33. The first-order chi connectivity index (χ1) is 14.7. The number of alkyl halides is 3. The number of aromatic hydroxyl groups is 1. The Kier molecular flexibility index (Phi) is 5.82. The number of nitrogens with one attached hydrogen (secondary N) is 1. The fourth-order valence-electron chi connectivity index (χ4n) is 3.37. The van der Waals surface area contributed by atoms with Gasteiger partial charge in [-0.3, -0.25) is 14.5 Å². The van der Waals surface area contributed by atoms with Crippen LogP contribution >= 0.6 is 0 Å². The molecule has 174 valence electrons. The zero-order chi connectivity index (χ0) is 24.0. The molecule has 0 spiro atoms. The number of aliphatic carboxylic acids is 1. The number of benzene rings is 1. The molecule has 11 nitrogen and oxygen atoms in total. The smallest absolute Gasteiger partial charge is 0.508 e. The number of nitrogens with two attached hydrogens (primary N) is 1. The molecule has 1 unspecified atom stereocenters. The highest BCUT2D eigenvalue weighted by Crippen LogP contribution is 2.39. The lowest BCUT2D eigenvalue weighted by molar-refractivity contribution is -0.156. The number of hydrogen-bond acceptors (Lipinski definition) is 8. The van der Waals surface area contributed by atoms with Crippen molar-refractivity contribution in [1.29, 1.82) is 0 Å². The first-order valence-corrected chi connectivity index (χ1v) is 10.3. The number of β-lactam (4-membered cyclic amide) rings is 1. The number of carbonyl (C=O) groups excluding carboxylic acids is 2. The van der Waals surface area contributed by atoms with Gasteiger partial charge < -0.3 is 25.4 Å². The van der Waals surface area contributed by atoms with Gasteiger partial charge in [0.25, 0.3) is 5.91 Å². The lowest BCUT2D eigenvalue weighted by Crippen LogP contribution is -2.72. The number of fused-ring (bicyclic) bond motifs is 1. The molecule has 2 aliphatic rings. The normalized spacial score (nSPS) is 22.0. The summed E-state index contributed by atoms with van der Waals surface area (Å²) in [6, 6.07) is 1.94. The van der Waals surface area contributed by atoms with Crippen LogP contribution in [0, 0.1) is 0 Å². The molecule has 0 saturated carbocycles. The Labute approximate surface area is 178 Å². The summed E-state index contributed by atoms with van der Waals surface area (Å²) in [6.45, 7) is 0. The van der Waals surface area contributed by atoms with Crippen molar-refractivity contribution in [1.82, 2.24) is 10.2 Å². The molecule has 5 N–H and O–H groups in total. The van der Waals surface area contributed by atoms with E-state index in [1.165, 1.54) is 24.3 Å². The monoisotopic (exact) mass is 479 g/mol. The molecule has 2 amide bonds. The van der Waals surface area contributed by atoms with Gasteiger partial charge in [-0.05, 0) is 24.1 Å². The Bertz CT molecular complexity index is 1100. The second-order valence-corrected chi connectivity index (χ2v) is 8.47. The van der Waals surface area contributed by atoms with Crippen LogP contribution in [-0.4, -0.2) is 58.9 Å². The predicted molar refractivity (Wildman–Crippen MR) is 97.6 cm³/mol. The SMILES string of the molecule is NC(C(=O)N[C@@H]1C(=O)N2C(C(=O)O)=C(OS(=O)(=O)C(F)(F)F)CC[C@H]12)c1ccc(O)cc1. The Morgan fingerprint density at radius 3 is 2.38 bits per heavy atom. The molecular formula is C17H16F3N3O8S. The second-order valence-electron chi connectivity index (χ2n) is 6.93. The molecule has 3 rings (SSSR count). The van der Waals surface area contributed by atoms with Gasteiger partial charge in [-0.2, -0.15) is 21.6 Å². The average Bonchev–Trinajstić information content (AvgIpc) is 2.70. The van der Waals surface area contributed by atoms with Crippen molar-refractivity contribution >= 4 is 27.9 Å². The van der Waals surface area contributed by atoms with E-state index in [-0.39, 0.29) is 12.2 Å². The van der Waals surface area contributed by atoms with E-state index < -0.39 is 69.4 Å². The molecule has 1 aromatic carbocycles. The maximum Gasteiger partial charge on any atom is 0.534 e. The predicted octanol–water partition coefficient (Wildman–Crippen LogP) is 0.0438. The van der Waals surface area contributed by atoms with Crippen LogP contribution in [0.4, 0.5) is 13.2 Å². The summed E-state index contributed by atoms with van der Waals surface area (Å²) in [5, 5.41) is 21.0. The van der Waals surface area contributed by atoms with Crippen molar-refractivity contribution in [2.24, 2.45) is 5.73 Å². The van der Waals surface area contributed by atoms with E-state index in [0.717, 1.165) is 0 Å². The molecule has 0 radical (unpaired) electrons. The van der Waals surface area contributed by atoms with Crippen molar-refractivity contribution < 1.29 is 50.4 Å². The van der Waals surface area contributed by atoms with Gasteiger partial charge in [0.05, 0.1) is 6.04 Å². The molecule has 15 heteroatoms. The fourth-order valence-corrected chi connectivity index (χ4v) is 3.89. The number of carboxylic acid groups (broad SMARTS) is 1. The largest absolute Gasteiger partial charge is 0.534 e. The van der Waals surface area contributed by atoms with Crippen molar-refractivity contribution in [3.63, 3.8) is 0 Å². The Morgan fingerprint density at radius 1 is 1.25 bits per heavy atom. The van der Waals surface area contributed by atoms with Crippen molar-refractivity contribution in [2.75, 3.05) is 0 Å². The molecule has 32 heavy (non-hydrogen) atoms. The molecule has 0 bridgehead atoms. The minimum atomic E-state index is -6.14. The third-order valence-electron chi connectivity index (χ3n) is 4.92. The topological polar surface area (TPSA) is 176 Å². The van der Waals surface area contributed by atoms with Crippen molar-refractivity contribution in [3.05, 3.63) is 41.3 Å². The van der Waals surface area contributed by atoms with Gasteiger partial charge in [-0.1, -0.05) is 12.1 Å². The molecule has 3 atom stereocenters. The van der Waals surface area contributed by atoms with E-state index >= 15 is 0 Å². The number of phenolic OH excluding ortho intramolecular Hbond substituents is 1. The third-order valence-corrected chi connectivity index (χ3v) is 5.91. The van der Waals surface area contributed by atoms with Crippen LogP contribution in [-0.2, 0) is 28.7 Å². The first kappa shape index (κ1) is 23.3. The standard InChI is InChI=1S/C17H16F3N3O8S/c18-17(19,20)32(29,30)31-10-6-5-9-12(15(26)23(9)13(10)16(27)28)22-14(25)11(21)7-1-3-8(24)4-2-7/h1-4,9,11-12,24H,5-6,21H2,(H,22,25)(H,27,28)/t9-,11?,12+/m1/s1. The molecule has 2 heterocycles. The second kappa shape index (κ2) is 7.98. The van der Waals surface area contributed by atoms with Gasteiger partial charge >= 0.3 is 21.6 Å². The minimum absolute atomic E-state index is 0.0630. The van der Waals surface area contributed by atoms with E-state index in [0.29, 0.717) is 10.5 Å². The van der Waals surface area contributed by atoms with Gasteiger partial charge in [-0.15, -0.1) is 0 Å². The van der Waals surface area contributed by atoms with E-state index in [1.807, 2.05) is 0 Å². The number of nitrogens with zero attached hydrogens (tertiary/aromatic N) is 1. The number of hydrogen-bond donors (Lipinski definition) is 4. The summed E-state index contributed by atoms with van der Waals surface area (Å²) in [5.74, 6) is -4.75. The molecule has 0 aliphatic carbocycles. The van der Waals surface area contributed by atoms with Gasteiger partial charge in [-0.25, -0.2) is 4.79 Å². The molecule has 0 aromatic heterocycles. The summed E-state index contributed by atoms with van der Waals surface area (Å²) < 4.78 is 64.2. The lowest BCUT2D eigenvalue weighted by Gasteiger charge is -2.49. The van der Waals surface area contributed by atoms with E-state index in [1.54, 1.807) is 0 Å². The van der Waals surface area contributed by atoms with Crippen LogP contribution in [0.5, 0.6) is 5.75 Å². The van der Waals surface area contributed by atoms with Crippen LogP contribution in [0.25, 0.3) is 0 Å². The fraction of sp³-hybridized carbons (Fsp3) is 0.353. The summed E-state index contributed by atoms with van der Waals surface area (Å²) in [7, 11) is -6.14. The van der Waals surface area contributed by atoms with Gasteiger partial charge in [0, 0.05) is 6.42 Å². The summed E-state index contributed by atoms with van der Waals surface area (Å²) in [6.07, 6.45) is -0.716. The summed E-state index contributed by atoms with van der Waals surface area (Å²) >= 11 is 0. The molecular weight excluding hydrogens is 463 g/mol. The zero-order valence-electron chi connectivity index (χ0n) is 15.9. The quantitative estimate of drug-likeness (QED) is 0.249. The highest BCUT2D eigenvalue weighted by atomic mass is 32.2. The number of allylic oxidation sites excluding steroid dienone is 1. The van der Waals surface area contributed by atoms with Crippen LogP contribution in [0.15, 0.2) is 35.7 Å². The molecule has 1 saturated heterocycles. The maximum atomic E-state index is 12.6. The summed E-state index contributed by atoms with van der Waals surface area (Å²) in [5.41, 5.74) is -0.707. The van der Waals surface area contributed by atoms with Gasteiger partial charge in [0.15, 0.2) is 11.5 Å². The van der Waals surface area contributed by atoms with Crippen LogP contribution in [0.3, 0.4) is 0 Å². The van der Waals surface area contributed by atoms with E-state index in [9.17, 15) is 46.2 Å². The van der Waals surface area contributed by atoms with Crippen LogP contribution in [0.2, 0.25) is 0 Å². The Morgan fingerprint density at radius 2 is 1.84 bits per heavy atom. The van der Waals surface area contributed by atoms with Crippen molar-refractivity contribution in [2.45, 2.75) is 36.5 Å². The van der Waals surface area contributed by atoms with Crippen LogP contribution < -0.4 is 11.1 Å². The number of phenols is 1. The number of halogens is 3. The Balaban J connectivity index is 1.78. The minimum Gasteiger partial charge on any atom is -0.508 e. The highest BCUT2D eigenvalue weighted by molar-refractivity contribution is 7.87. The number of carbonyl (C=O) groups is 3.